The zero-order chi connectivity index (χ0) is 20.8. The van der Waals surface area contributed by atoms with Gasteiger partial charge in [0.1, 0.15) is 18.1 Å². The number of likely N-dealkylation sites (tertiary alicyclic amines) is 1. The maximum absolute atomic E-state index is 13.1. The van der Waals surface area contributed by atoms with E-state index < -0.39 is 36.6 Å². The highest BCUT2D eigenvalue weighted by Crippen LogP contribution is 2.21. The average Bonchev–Trinajstić information content (AvgIpc) is 3.34. The van der Waals surface area contributed by atoms with Gasteiger partial charge >= 0.3 is 5.97 Å². The van der Waals surface area contributed by atoms with Crippen LogP contribution in [0.25, 0.3) is 0 Å². The lowest BCUT2D eigenvalue weighted by Crippen LogP contribution is -2.58. The van der Waals surface area contributed by atoms with Crippen LogP contribution in [-0.4, -0.2) is 82.7 Å². The Kier molecular flexibility index (Phi) is 7.76. The minimum Gasteiger partial charge on any atom is -0.480 e. The number of hydrogen-bond acceptors (Lipinski definition) is 6. The Labute approximate surface area is 164 Å². The van der Waals surface area contributed by atoms with Crippen molar-refractivity contribution in [2.45, 2.75) is 63.7 Å². The molecule has 0 saturated carbocycles. The number of rotatable bonds is 8. The van der Waals surface area contributed by atoms with Gasteiger partial charge in [-0.1, -0.05) is 13.8 Å². The second-order valence-corrected chi connectivity index (χ2v) is 7.65. The summed E-state index contributed by atoms with van der Waals surface area (Å²) in [6.07, 6.45) is 2.63. The van der Waals surface area contributed by atoms with Gasteiger partial charge in [-0.25, -0.2) is 4.79 Å². The molecule has 2 heterocycles. The Hall–Kier alpha value is -2.20. The molecule has 2 saturated heterocycles. The van der Waals surface area contributed by atoms with Crippen LogP contribution < -0.4 is 16.0 Å². The van der Waals surface area contributed by atoms with Gasteiger partial charge in [0, 0.05) is 6.54 Å². The molecule has 5 N–H and O–H groups in total. The molecular formula is C18H30N4O6. The lowest BCUT2D eigenvalue weighted by atomic mass is 10.0. The number of carbonyl (C=O) groups is 4. The van der Waals surface area contributed by atoms with Crippen molar-refractivity contribution in [2.75, 3.05) is 19.7 Å². The van der Waals surface area contributed by atoms with E-state index in [1.807, 2.05) is 13.8 Å². The molecule has 0 radical (unpaired) electrons. The minimum atomic E-state index is -1.42. The van der Waals surface area contributed by atoms with Crippen LogP contribution in [0.5, 0.6) is 0 Å². The van der Waals surface area contributed by atoms with E-state index in [9.17, 15) is 19.2 Å². The highest BCUT2D eigenvalue weighted by molar-refractivity contribution is 5.94. The van der Waals surface area contributed by atoms with Crippen molar-refractivity contribution in [2.24, 2.45) is 5.92 Å². The van der Waals surface area contributed by atoms with Crippen LogP contribution in [0, 0.1) is 5.92 Å². The van der Waals surface area contributed by atoms with Gasteiger partial charge < -0.3 is 31.1 Å². The lowest BCUT2D eigenvalue weighted by molar-refractivity contribution is -0.146. The number of carbonyl (C=O) groups excluding carboxylic acids is 3. The molecule has 4 unspecified atom stereocenters. The van der Waals surface area contributed by atoms with Gasteiger partial charge in [0.25, 0.3) is 0 Å². The highest BCUT2D eigenvalue weighted by atomic mass is 16.4. The quantitative estimate of drug-likeness (QED) is 0.332. The van der Waals surface area contributed by atoms with Gasteiger partial charge in [-0.2, -0.15) is 0 Å². The van der Waals surface area contributed by atoms with Gasteiger partial charge in [0.2, 0.25) is 17.7 Å². The third kappa shape index (κ3) is 5.20. The largest absolute Gasteiger partial charge is 0.480 e. The van der Waals surface area contributed by atoms with Gasteiger partial charge in [-0.15, -0.1) is 0 Å². The number of nitrogens with one attached hydrogen (secondary N) is 3. The Bertz CT molecular complexity index is 605. The molecule has 3 amide bonds. The van der Waals surface area contributed by atoms with Crippen LogP contribution in [0.1, 0.15) is 39.5 Å². The Morgan fingerprint density at radius 3 is 2.36 bits per heavy atom. The molecule has 0 spiro atoms. The van der Waals surface area contributed by atoms with Crippen molar-refractivity contribution in [3.05, 3.63) is 0 Å². The second kappa shape index (κ2) is 9.83. The van der Waals surface area contributed by atoms with E-state index in [0.29, 0.717) is 19.4 Å². The van der Waals surface area contributed by atoms with Gasteiger partial charge in [-0.3, -0.25) is 14.4 Å². The first-order chi connectivity index (χ1) is 13.3. The predicted octanol–water partition coefficient (Wildman–Crippen LogP) is -1.57. The van der Waals surface area contributed by atoms with Crippen molar-refractivity contribution in [3.8, 4) is 0 Å². The third-order valence-electron chi connectivity index (χ3n) is 5.24. The third-order valence-corrected chi connectivity index (χ3v) is 5.24. The number of aliphatic hydroxyl groups is 1. The van der Waals surface area contributed by atoms with Gasteiger partial charge in [-0.05, 0) is 38.1 Å². The molecule has 0 aliphatic carbocycles. The van der Waals surface area contributed by atoms with E-state index in [1.54, 1.807) is 0 Å². The Balaban J connectivity index is 2.06. The fourth-order valence-corrected chi connectivity index (χ4v) is 3.61. The molecular weight excluding hydrogens is 368 g/mol. The molecule has 0 aromatic heterocycles. The van der Waals surface area contributed by atoms with Gasteiger partial charge in [0.15, 0.2) is 0 Å². The minimum absolute atomic E-state index is 0.175. The van der Waals surface area contributed by atoms with Crippen molar-refractivity contribution in [1.82, 2.24) is 20.9 Å². The molecule has 4 atom stereocenters. The van der Waals surface area contributed by atoms with Crippen molar-refractivity contribution in [1.29, 1.82) is 0 Å². The summed E-state index contributed by atoms with van der Waals surface area (Å²) in [5.41, 5.74) is 0. The number of carboxylic acids is 1. The SMILES string of the molecule is CC(C)C(NC(=O)C1CCCN1)C(=O)N1CCCC1C(=O)NC(CO)C(=O)O. The summed E-state index contributed by atoms with van der Waals surface area (Å²) >= 11 is 0. The molecule has 10 nitrogen and oxygen atoms in total. The van der Waals surface area contributed by atoms with Crippen LogP contribution in [0.15, 0.2) is 0 Å². The van der Waals surface area contributed by atoms with E-state index in [1.165, 1.54) is 4.90 Å². The van der Waals surface area contributed by atoms with Gasteiger partial charge in [0.05, 0.1) is 12.6 Å². The number of nitrogens with zero attached hydrogens (tertiary/aromatic N) is 1. The normalized spacial score (nSPS) is 24.1. The summed E-state index contributed by atoms with van der Waals surface area (Å²) in [7, 11) is 0. The lowest BCUT2D eigenvalue weighted by Gasteiger charge is -2.31. The average molecular weight is 398 g/mol. The zero-order valence-electron chi connectivity index (χ0n) is 16.3. The second-order valence-electron chi connectivity index (χ2n) is 7.65. The number of hydrogen-bond donors (Lipinski definition) is 5. The van der Waals surface area contributed by atoms with E-state index >= 15 is 0 Å². The summed E-state index contributed by atoms with van der Waals surface area (Å²) in [5, 5.41) is 26.3. The van der Waals surface area contributed by atoms with Crippen molar-refractivity contribution >= 4 is 23.7 Å². The van der Waals surface area contributed by atoms with Crippen molar-refractivity contribution in [3.63, 3.8) is 0 Å². The van der Waals surface area contributed by atoms with E-state index in [0.717, 1.165) is 19.4 Å². The molecule has 2 rings (SSSR count). The summed E-state index contributed by atoms with van der Waals surface area (Å²) in [4.78, 5) is 50.4. The first kappa shape index (κ1) is 22.1. The molecule has 2 aliphatic heterocycles. The van der Waals surface area contributed by atoms with E-state index in [-0.39, 0.29) is 23.8 Å². The molecule has 0 aromatic rings. The molecule has 0 aromatic carbocycles. The molecule has 2 aliphatic rings. The molecule has 158 valence electrons. The number of aliphatic hydroxyl groups excluding tert-OH is 1. The fourth-order valence-electron chi connectivity index (χ4n) is 3.61. The van der Waals surface area contributed by atoms with Crippen LogP contribution >= 0.6 is 0 Å². The molecule has 2 fully saturated rings. The fraction of sp³-hybridized carbons (Fsp3) is 0.778. The summed E-state index contributed by atoms with van der Waals surface area (Å²) in [5.74, 6) is -2.71. The summed E-state index contributed by atoms with van der Waals surface area (Å²) < 4.78 is 0. The van der Waals surface area contributed by atoms with Crippen LogP contribution in [-0.2, 0) is 19.2 Å². The number of amides is 3. The maximum Gasteiger partial charge on any atom is 0.328 e. The first-order valence-corrected chi connectivity index (χ1v) is 9.74. The van der Waals surface area contributed by atoms with Crippen LogP contribution in [0.3, 0.4) is 0 Å². The predicted molar refractivity (Wildman–Crippen MR) is 99.2 cm³/mol. The molecule has 10 heteroatoms. The molecule has 28 heavy (non-hydrogen) atoms. The monoisotopic (exact) mass is 398 g/mol. The topological polar surface area (TPSA) is 148 Å². The van der Waals surface area contributed by atoms with E-state index in [4.69, 9.17) is 10.2 Å². The first-order valence-electron chi connectivity index (χ1n) is 9.74. The maximum atomic E-state index is 13.1. The van der Waals surface area contributed by atoms with Crippen LogP contribution in [0.2, 0.25) is 0 Å². The van der Waals surface area contributed by atoms with Crippen LogP contribution in [0.4, 0.5) is 0 Å². The Morgan fingerprint density at radius 1 is 1.11 bits per heavy atom. The standard InChI is InChI=1S/C18H30N4O6/c1-10(2)14(21-15(24)11-5-3-7-19-11)17(26)22-8-4-6-13(22)16(25)20-12(9-23)18(27)28/h10-14,19,23H,3-9H2,1-2H3,(H,20,25)(H,21,24)(H,27,28). The summed E-state index contributed by atoms with van der Waals surface area (Å²) in [6, 6.07) is -3.31. The van der Waals surface area contributed by atoms with E-state index in [2.05, 4.69) is 16.0 Å². The number of aliphatic carboxylic acids is 1. The van der Waals surface area contributed by atoms with Crippen molar-refractivity contribution < 1.29 is 29.4 Å². The molecule has 0 bridgehead atoms. The summed E-state index contributed by atoms with van der Waals surface area (Å²) in [6.45, 7) is 4.03. The highest BCUT2D eigenvalue weighted by Gasteiger charge is 2.40. The smallest absolute Gasteiger partial charge is 0.328 e. The number of carboxylic acid groups (broad SMARTS) is 1. The Morgan fingerprint density at radius 2 is 1.82 bits per heavy atom. The zero-order valence-corrected chi connectivity index (χ0v) is 16.3.